The van der Waals surface area contributed by atoms with Crippen LogP contribution in [0.1, 0.15) is 83.5 Å². The molecule has 65 heavy (non-hydrogen) atoms. The van der Waals surface area contributed by atoms with E-state index in [9.17, 15) is 0 Å². The summed E-state index contributed by atoms with van der Waals surface area (Å²) < 4.78 is 0. The van der Waals surface area contributed by atoms with Crippen molar-refractivity contribution in [3.63, 3.8) is 0 Å². The van der Waals surface area contributed by atoms with E-state index in [0.717, 1.165) is 65.9 Å². The third-order valence-corrected chi connectivity index (χ3v) is 12.8. The maximum absolute atomic E-state index is 5.11. The minimum absolute atomic E-state index is 0.728. The number of thiophene rings is 1. The first kappa shape index (κ1) is 48.0. The fourth-order valence-electron chi connectivity index (χ4n) is 7.70. The lowest BCUT2D eigenvalue weighted by Gasteiger charge is -2.15. The molecule has 0 amide bonds. The molecule has 2 heteroatoms. The van der Waals surface area contributed by atoms with E-state index in [4.69, 9.17) is 12.6 Å². The quantitative estimate of drug-likeness (QED) is 0.0449. The van der Waals surface area contributed by atoms with Crippen molar-refractivity contribution in [1.82, 2.24) is 0 Å². The molecule has 0 atom stereocenters. The van der Waals surface area contributed by atoms with Gasteiger partial charge in [0.15, 0.2) is 0 Å². The van der Waals surface area contributed by atoms with Crippen molar-refractivity contribution in [2.75, 3.05) is 0 Å². The van der Waals surface area contributed by atoms with E-state index in [0.29, 0.717) is 0 Å². The highest BCUT2D eigenvalue weighted by Gasteiger charge is 2.13. The van der Waals surface area contributed by atoms with Gasteiger partial charge in [-0.25, -0.2) is 0 Å². The Hall–Kier alpha value is -6.45. The van der Waals surface area contributed by atoms with Crippen LogP contribution in [0.2, 0.25) is 0 Å². The lowest BCUT2D eigenvalue weighted by atomic mass is 9.89. The SMILES string of the molecule is C=CC/C=C\C/C(=C\C)c1ccc(/C=C/C=C(\S)c2ccc(C/C(C=C(c3ccccc3)c3ccccc3)=c3/ccccc3=C)c(C/C=C(\C/C=C\C=C/CC)C3=CC=CCC=C3)c2)s1. The highest BCUT2D eigenvalue weighted by molar-refractivity contribution is 7.90. The van der Waals surface area contributed by atoms with Crippen molar-refractivity contribution in [2.24, 2.45) is 0 Å². The average molecular weight is 883 g/mol. The Bertz CT molecular complexity index is 2780. The van der Waals surface area contributed by atoms with Crippen molar-refractivity contribution >= 4 is 58.2 Å². The molecule has 5 aromatic rings. The minimum Gasteiger partial charge on any atom is -0.143 e. The molecule has 0 saturated carbocycles. The zero-order valence-corrected chi connectivity index (χ0v) is 39.8. The predicted molar refractivity (Wildman–Crippen MR) is 293 cm³/mol. The molecular formula is C63H62S2. The molecule has 0 nitrogen and oxygen atoms in total. The summed E-state index contributed by atoms with van der Waals surface area (Å²) >= 11 is 6.93. The van der Waals surface area contributed by atoms with E-state index in [-0.39, 0.29) is 0 Å². The van der Waals surface area contributed by atoms with E-state index < -0.39 is 0 Å². The molecule has 0 fully saturated rings. The summed E-state index contributed by atoms with van der Waals surface area (Å²) in [6.45, 7) is 12.6. The number of hydrogen-bond donors (Lipinski definition) is 1. The monoisotopic (exact) mass is 882 g/mol. The van der Waals surface area contributed by atoms with Gasteiger partial charge in [-0.15, -0.1) is 30.5 Å². The Labute approximate surface area is 399 Å². The molecule has 0 aliphatic heterocycles. The molecule has 4 aromatic carbocycles. The highest BCUT2D eigenvalue weighted by Crippen LogP contribution is 2.31. The summed E-state index contributed by atoms with van der Waals surface area (Å²) in [5, 5.41) is 2.16. The Morgan fingerprint density at radius 3 is 2.22 bits per heavy atom. The van der Waals surface area contributed by atoms with E-state index in [1.807, 2.05) is 17.4 Å². The smallest absolute Gasteiger partial charge is 0.0308 e. The third kappa shape index (κ3) is 14.8. The van der Waals surface area contributed by atoms with Crippen LogP contribution in [0.5, 0.6) is 0 Å². The second kappa shape index (κ2) is 26.4. The van der Waals surface area contributed by atoms with E-state index in [1.165, 1.54) is 59.9 Å². The molecule has 0 bridgehead atoms. The Kier molecular flexibility index (Phi) is 19.5. The Balaban J connectivity index is 1.42. The maximum atomic E-state index is 5.11. The largest absolute Gasteiger partial charge is 0.143 e. The van der Waals surface area contributed by atoms with E-state index in [1.54, 1.807) is 0 Å². The lowest BCUT2D eigenvalue weighted by molar-refractivity contribution is 1.12. The van der Waals surface area contributed by atoms with Crippen LogP contribution >= 0.6 is 24.0 Å². The van der Waals surface area contributed by atoms with Crippen molar-refractivity contribution in [3.8, 4) is 0 Å². The van der Waals surface area contributed by atoms with Gasteiger partial charge < -0.3 is 0 Å². The van der Waals surface area contributed by atoms with Crippen molar-refractivity contribution < 1.29 is 0 Å². The Morgan fingerprint density at radius 1 is 0.738 bits per heavy atom. The van der Waals surface area contributed by atoms with Crippen LogP contribution in [0.3, 0.4) is 0 Å². The highest BCUT2D eigenvalue weighted by atomic mass is 32.1. The molecular weight excluding hydrogens is 821 g/mol. The first-order valence-corrected chi connectivity index (χ1v) is 24.1. The van der Waals surface area contributed by atoms with Gasteiger partial charge in [-0.3, -0.25) is 0 Å². The van der Waals surface area contributed by atoms with Gasteiger partial charge in [0, 0.05) is 14.7 Å². The number of allylic oxidation sites excluding steroid dienone is 20. The maximum Gasteiger partial charge on any atom is 0.0308 e. The van der Waals surface area contributed by atoms with Crippen LogP contribution in [0.15, 0.2) is 236 Å². The average Bonchev–Trinajstić information content (AvgIpc) is 3.64. The minimum atomic E-state index is 0.728. The van der Waals surface area contributed by atoms with Gasteiger partial charge in [0.2, 0.25) is 0 Å². The van der Waals surface area contributed by atoms with Crippen LogP contribution in [-0.2, 0) is 12.8 Å². The molecule has 0 unspecified atom stereocenters. The molecule has 1 aromatic heterocycles. The van der Waals surface area contributed by atoms with E-state index >= 15 is 0 Å². The molecule has 1 heterocycles. The van der Waals surface area contributed by atoms with Crippen LogP contribution in [-0.4, -0.2) is 0 Å². The van der Waals surface area contributed by atoms with Gasteiger partial charge in [0.1, 0.15) is 0 Å². The standard InChI is InChI=1S/C63H62S2/c1-5-8-10-12-18-32-52(51-30-19-13-14-20-31-51)40-41-55-46-57(62(64)39-27-37-59-44-45-63(65-59)50(7-3)29-17-11-9-6-2)43-42-56(55)47-58(60-38-26-25-28-49(60)4)48-61(53-33-21-15-22-34-53)54-35-23-16-24-36-54/h6-8,10-13,15-28,30-31,33-40,42-46,48,64H,2,4-5,9,14,29,32,41,47H2,1,3H3/b10-8-,17-11-,18-12-,37-27+,50-7+,52-40+,60-58+,62-39-. The van der Waals surface area contributed by atoms with Crippen molar-refractivity contribution in [2.45, 2.75) is 58.8 Å². The first-order valence-electron chi connectivity index (χ1n) is 22.8. The van der Waals surface area contributed by atoms with Gasteiger partial charge in [-0.2, -0.15) is 0 Å². The lowest BCUT2D eigenvalue weighted by Crippen LogP contribution is -2.25. The van der Waals surface area contributed by atoms with Gasteiger partial charge in [0.25, 0.3) is 0 Å². The molecule has 326 valence electrons. The molecule has 1 aliphatic rings. The summed E-state index contributed by atoms with van der Waals surface area (Å²) in [6.07, 6.45) is 45.8. The summed E-state index contributed by atoms with van der Waals surface area (Å²) in [5.41, 5.74) is 12.3. The van der Waals surface area contributed by atoms with Gasteiger partial charge >= 0.3 is 0 Å². The van der Waals surface area contributed by atoms with Crippen LogP contribution in [0.4, 0.5) is 0 Å². The zero-order chi connectivity index (χ0) is 45.5. The molecule has 0 N–H and O–H groups in total. The predicted octanol–water partition coefficient (Wildman–Crippen LogP) is 16.4. The van der Waals surface area contributed by atoms with Crippen LogP contribution in [0.25, 0.3) is 34.3 Å². The summed E-state index contributed by atoms with van der Waals surface area (Å²) in [5.74, 6) is 0. The number of rotatable bonds is 20. The van der Waals surface area contributed by atoms with Gasteiger partial charge in [0.05, 0.1) is 0 Å². The molecule has 6 rings (SSSR count). The normalized spacial score (nSPS) is 14.1. The van der Waals surface area contributed by atoms with Gasteiger partial charge in [-0.1, -0.05) is 208 Å². The van der Waals surface area contributed by atoms with Crippen LogP contribution < -0.4 is 10.4 Å². The molecule has 0 saturated heterocycles. The second-order valence-corrected chi connectivity index (χ2v) is 17.4. The fraction of sp³-hybridized carbons (Fsp3) is 0.143. The Morgan fingerprint density at radius 2 is 1.48 bits per heavy atom. The summed E-state index contributed by atoms with van der Waals surface area (Å²) in [7, 11) is 0. The third-order valence-electron chi connectivity index (χ3n) is 11.2. The fourth-order valence-corrected chi connectivity index (χ4v) is 8.93. The van der Waals surface area contributed by atoms with Crippen molar-refractivity contribution in [1.29, 1.82) is 0 Å². The van der Waals surface area contributed by atoms with E-state index in [2.05, 4.69) is 246 Å². The first-order chi connectivity index (χ1) is 32.0. The topological polar surface area (TPSA) is 0 Å². The molecule has 1 aliphatic carbocycles. The van der Waals surface area contributed by atoms with Crippen molar-refractivity contribution in [3.05, 3.63) is 284 Å². The zero-order valence-electron chi connectivity index (χ0n) is 38.1. The summed E-state index contributed by atoms with van der Waals surface area (Å²) in [6, 6.07) is 41.3. The summed E-state index contributed by atoms with van der Waals surface area (Å²) in [4.78, 5) is 3.43. The second-order valence-electron chi connectivity index (χ2n) is 15.8. The number of thiol groups is 1. The number of benzene rings is 4. The van der Waals surface area contributed by atoms with Crippen LogP contribution in [0, 0.1) is 0 Å². The molecule has 0 radical (unpaired) electrons. The van der Waals surface area contributed by atoms with Gasteiger partial charge in [-0.05, 0) is 148 Å². The number of hydrogen-bond acceptors (Lipinski definition) is 2. The molecule has 0 spiro atoms.